The van der Waals surface area contributed by atoms with Crippen LogP contribution < -0.4 is 10.0 Å². The van der Waals surface area contributed by atoms with Crippen molar-refractivity contribution in [2.75, 3.05) is 24.7 Å². The van der Waals surface area contributed by atoms with Crippen LogP contribution >= 0.6 is 0 Å². The van der Waals surface area contributed by atoms with Crippen molar-refractivity contribution in [3.05, 3.63) is 29.8 Å². The molecule has 1 rings (SSSR count). The predicted octanol–water partition coefficient (Wildman–Crippen LogP) is 1.98. The van der Waals surface area contributed by atoms with E-state index in [-0.39, 0.29) is 0 Å². The molecule has 5 heteroatoms. The third kappa shape index (κ3) is 8.71. The summed E-state index contributed by atoms with van der Waals surface area (Å²) in [6, 6.07) is 7.94. The molecule has 98 valence electrons. The number of hydrogen-bond donors (Lipinski definition) is 2. The molecular weight excluding hydrogens is 236 g/mol. The smallest absolute Gasteiger partial charge is 0.208 e. The first-order chi connectivity index (χ1) is 7.97. The molecule has 0 saturated heterocycles. The van der Waals surface area contributed by atoms with Crippen molar-refractivity contribution in [3.63, 3.8) is 0 Å². The Morgan fingerprint density at radius 3 is 2.35 bits per heavy atom. The van der Waals surface area contributed by atoms with E-state index in [2.05, 4.69) is 10.0 Å². The van der Waals surface area contributed by atoms with Gasteiger partial charge in [0.2, 0.25) is 10.0 Å². The quantitative estimate of drug-likeness (QED) is 0.794. The van der Waals surface area contributed by atoms with Crippen molar-refractivity contribution < 1.29 is 8.42 Å². The van der Waals surface area contributed by atoms with Gasteiger partial charge in [-0.15, -0.1) is 0 Å². The Morgan fingerprint density at radius 1 is 1.18 bits per heavy atom. The third-order valence-corrected chi connectivity index (χ3v) is 2.56. The van der Waals surface area contributed by atoms with Gasteiger partial charge in [0, 0.05) is 18.8 Å². The van der Waals surface area contributed by atoms with Crippen LogP contribution in [0.3, 0.4) is 0 Å². The summed E-state index contributed by atoms with van der Waals surface area (Å²) < 4.78 is 23.9. The van der Waals surface area contributed by atoms with Crippen LogP contribution in [0.2, 0.25) is 0 Å². The van der Waals surface area contributed by atoms with Crippen molar-refractivity contribution in [2.45, 2.75) is 20.8 Å². The lowest BCUT2D eigenvalue weighted by Gasteiger charge is -2.07. The molecule has 0 fully saturated rings. The second-order valence-electron chi connectivity index (χ2n) is 3.46. The summed E-state index contributed by atoms with van der Waals surface area (Å²) in [7, 11) is -3.08. The Balaban J connectivity index is 0.00000121. The van der Waals surface area contributed by atoms with Gasteiger partial charge in [-0.3, -0.25) is 0 Å². The number of anilines is 1. The van der Waals surface area contributed by atoms with Crippen LogP contribution in [0, 0.1) is 6.92 Å². The second-order valence-corrected chi connectivity index (χ2v) is 5.30. The molecule has 0 aliphatic carbocycles. The molecule has 4 nitrogen and oxygen atoms in total. The van der Waals surface area contributed by atoms with E-state index < -0.39 is 10.0 Å². The van der Waals surface area contributed by atoms with Gasteiger partial charge in [-0.25, -0.2) is 13.1 Å². The van der Waals surface area contributed by atoms with Crippen LogP contribution in [0.5, 0.6) is 0 Å². The van der Waals surface area contributed by atoms with Gasteiger partial charge in [0.15, 0.2) is 0 Å². The van der Waals surface area contributed by atoms with Gasteiger partial charge in [0.25, 0.3) is 0 Å². The fourth-order valence-corrected chi connectivity index (χ4v) is 1.67. The molecule has 17 heavy (non-hydrogen) atoms. The average molecular weight is 258 g/mol. The van der Waals surface area contributed by atoms with E-state index in [1.54, 1.807) is 0 Å². The minimum absolute atomic E-state index is 0.396. The summed E-state index contributed by atoms with van der Waals surface area (Å²) in [5.41, 5.74) is 2.18. The highest BCUT2D eigenvalue weighted by Gasteiger charge is 1.98. The van der Waals surface area contributed by atoms with Crippen molar-refractivity contribution in [2.24, 2.45) is 0 Å². The zero-order valence-electron chi connectivity index (χ0n) is 10.9. The van der Waals surface area contributed by atoms with E-state index in [0.29, 0.717) is 13.1 Å². The molecule has 0 spiro atoms. The highest BCUT2D eigenvalue weighted by Crippen LogP contribution is 2.08. The Kier molecular flexibility index (Phi) is 7.58. The number of sulfonamides is 1. The third-order valence-electron chi connectivity index (χ3n) is 1.84. The van der Waals surface area contributed by atoms with Crippen molar-refractivity contribution >= 4 is 15.7 Å². The Hall–Kier alpha value is -1.07. The van der Waals surface area contributed by atoms with Gasteiger partial charge in [-0.05, 0) is 24.6 Å². The lowest BCUT2D eigenvalue weighted by Crippen LogP contribution is -2.27. The highest BCUT2D eigenvalue weighted by molar-refractivity contribution is 7.88. The second kappa shape index (κ2) is 8.08. The monoisotopic (exact) mass is 258 g/mol. The van der Waals surface area contributed by atoms with Crippen molar-refractivity contribution in [3.8, 4) is 0 Å². The van der Waals surface area contributed by atoms with Crippen LogP contribution in [0.1, 0.15) is 19.4 Å². The lowest BCUT2D eigenvalue weighted by molar-refractivity contribution is 0.589. The predicted molar refractivity (Wildman–Crippen MR) is 73.9 cm³/mol. The van der Waals surface area contributed by atoms with Gasteiger partial charge in [0.1, 0.15) is 0 Å². The largest absolute Gasteiger partial charge is 0.384 e. The van der Waals surface area contributed by atoms with E-state index in [1.807, 2.05) is 45.0 Å². The maximum Gasteiger partial charge on any atom is 0.208 e. The standard InChI is InChI=1S/C10H16N2O2S.C2H6/c1-9-4-3-5-10(8-9)11-6-7-12-15(2,13)14;1-2/h3-5,8,11-12H,6-7H2,1-2H3;1-2H3. The summed E-state index contributed by atoms with van der Waals surface area (Å²) in [5, 5.41) is 3.13. The van der Waals surface area contributed by atoms with Crippen LogP contribution in [0.4, 0.5) is 5.69 Å². The van der Waals surface area contributed by atoms with Crippen molar-refractivity contribution in [1.29, 1.82) is 0 Å². The highest BCUT2D eigenvalue weighted by atomic mass is 32.2. The van der Waals surface area contributed by atoms with Crippen LogP contribution in [-0.4, -0.2) is 27.8 Å². The molecule has 0 unspecified atom stereocenters. The molecule has 0 aliphatic rings. The molecule has 0 amide bonds. The van der Waals surface area contributed by atoms with Gasteiger partial charge in [-0.2, -0.15) is 0 Å². The molecule has 0 heterocycles. The minimum atomic E-state index is -3.08. The van der Waals surface area contributed by atoms with Crippen LogP contribution in [0.15, 0.2) is 24.3 Å². The molecule has 0 aromatic heterocycles. The normalized spacial score (nSPS) is 10.4. The first-order valence-corrected chi connectivity index (χ1v) is 7.62. The van der Waals surface area contributed by atoms with Gasteiger partial charge in [-0.1, -0.05) is 26.0 Å². The van der Waals surface area contributed by atoms with Gasteiger partial charge < -0.3 is 5.32 Å². The summed E-state index contributed by atoms with van der Waals surface area (Å²) in [6.07, 6.45) is 1.15. The minimum Gasteiger partial charge on any atom is -0.384 e. The Bertz CT molecular complexity index is 416. The molecule has 1 aromatic rings. The number of rotatable bonds is 5. The average Bonchev–Trinajstić information content (AvgIpc) is 2.26. The summed E-state index contributed by atoms with van der Waals surface area (Å²) in [6.45, 7) is 6.99. The molecule has 0 saturated carbocycles. The molecule has 2 N–H and O–H groups in total. The molecule has 0 aliphatic heterocycles. The maximum atomic E-state index is 10.8. The number of benzene rings is 1. The Morgan fingerprint density at radius 2 is 1.82 bits per heavy atom. The van der Waals surface area contributed by atoms with Gasteiger partial charge >= 0.3 is 0 Å². The lowest BCUT2D eigenvalue weighted by atomic mass is 10.2. The van der Waals surface area contributed by atoms with E-state index >= 15 is 0 Å². The van der Waals surface area contributed by atoms with E-state index in [4.69, 9.17) is 0 Å². The number of aryl methyl sites for hydroxylation is 1. The Labute approximate surface area is 104 Å². The first-order valence-electron chi connectivity index (χ1n) is 5.72. The van der Waals surface area contributed by atoms with E-state index in [9.17, 15) is 8.42 Å². The molecule has 0 bridgehead atoms. The first kappa shape index (κ1) is 15.9. The molecular formula is C12H22N2O2S. The zero-order valence-corrected chi connectivity index (χ0v) is 11.8. The van der Waals surface area contributed by atoms with Crippen LogP contribution in [-0.2, 0) is 10.0 Å². The number of hydrogen-bond acceptors (Lipinski definition) is 3. The summed E-state index contributed by atoms with van der Waals surface area (Å²) >= 11 is 0. The fourth-order valence-electron chi connectivity index (χ4n) is 1.20. The molecule has 0 atom stereocenters. The van der Waals surface area contributed by atoms with E-state index in [1.165, 1.54) is 5.56 Å². The molecule has 1 aromatic carbocycles. The SMILES string of the molecule is CC.Cc1cccc(NCCNS(C)(=O)=O)c1. The van der Waals surface area contributed by atoms with E-state index in [0.717, 1.165) is 11.9 Å². The maximum absolute atomic E-state index is 10.8. The topological polar surface area (TPSA) is 58.2 Å². The fraction of sp³-hybridized carbons (Fsp3) is 0.500. The summed E-state index contributed by atoms with van der Waals surface area (Å²) in [4.78, 5) is 0. The zero-order chi connectivity index (χ0) is 13.3. The van der Waals surface area contributed by atoms with Gasteiger partial charge in [0.05, 0.1) is 6.26 Å². The number of nitrogens with one attached hydrogen (secondary N) is 2. The molecule has 0 radical (unpaired) electrons. The summed E-state index contributed by atoms with van der Waals surface area (Å²) in [5.74, 6) is 0. The van der Waals surface area contributed by atoms with Crippen molar-refractivity contribution in [1.82, 2.24) is 4.72 Å². The van der Waals surface area contributed by atoms with Crippen LogP contribution in [0.25, 0.3) is 0 Å².